The molecule has 1 heteroatoms. The molecule has 0 atom stereocenters. The Morgan fingerprint density at radius 3 is 2.43 bits per heavy atom. The van der Waals surface area contributed by atoms with E-state index >= 15 is 0 Å². The van der Waals surface area contributed by atoms with Crippen LogP contribution in [0.3, 0.4) is 0 Å². The van der Waals surface area contributed by atoms with Crippen LogP contribution in [0.25, 0.3) is 0 Å². The van der Waals surface area contributed by atoms with Crippen molar-refractivity contribution in [1.29, 1.82) is 0 Å². The molecule has 0 aromatic rings. The summed E-state index contributed by atoms with van der Waals surface area (Å²) >= 11 is 0. The molecule has 0 rings (SSSR count). The fourth-order valence-electron chi connectivity index (χ4n) is 0.234. The van der Waals surface area contributed by atoms with Crippen LogP contribution < -0.4 is 0 Å². The van der Waals surface area contributed by atoms with Gasteiger partial charge in [-0.1, -0.05) is 12.7 Å². The van der Waals surface area contributed by atoms with Gasteiger partial charge in [-0.25, -0.2) is 0 Å². The minimum absolute atomic E-state index is 0.884. The minimum Gasteiger partial charge on any atom is -0.501 e. The molecule has 0 aliphatic carbocycles. The molecule has 0 aromatic heterocycles. The first-order valence-corrected chi connectivity index (χ1v) is 2.14. The lowest BCUT2D eigenvalue weighted by Gasteiger charge is -1.92. The summed E-state index contributed by atoms with van der Waals surface area (Å²) in [5, 5.41) is 0. The van der Waals surface area contributed by atoms with Crippen LogP contribution in [-0.2, 0) is 4.74 Å². The number of ether oxygens (including phenoxy) is 1. The molecule has 0 aliphatic rings. The van der Waals surface area contributed by atoms with Crippen molar-refractivity contribution < 1.29 is 4.74 Å². The highest BCUT2D eigenvalue weighted by molar-refractivity contribution is 5.01. The average Bonchev–Trinajstić information content (AvgIpc) is 1.68. The SMILES string of the molecule is C=C/C=C(/C)OC. The smallest absolute Gasteiger partial charge is 0.0924 e. The summed E-state index contributed by atoms with van der Waals surface area (Å²) in [4.78, 5) is 0. The van der Waals surface area contributed by atoms with Crippen LogP contribution in [0, 0.1) is 0 Å². The van der Waals surface area contributed by atoms with E-state index in [9.17, 15) is 0 Å². The molecule has 0 aromatic carbocycles. The Morgan fingerprint density at radius 2 is 2.29 bits per heavy atom. The third-order valence-corrected chi connectivity index (χ3v) is 0.675. The zero-order valence-electron chi connectivity index (χ0n) is 4.77. The van der Waals surface area contributed by atoms with Crippen molar-refractivity contribution in [3.05, 3.63) is 24.5 Å². The molecule has 0 saturated carbocycles. The van der Waals surface area contributed by atoms with Crippen LogP contribution in [-0.4, -0.2) is 7.11 Å². The first-order chi connectivity index (χ1) is 3.31. The molecule has 0 bridgehead atoms. The fraction of sp³-hybridized carbons (Fsp3) is 0.333. The van der Waals surface area contributed by atoms with Gasteiger partial charge in [-0.2, -0.15) is 0 Å². The second kappa shape index (κ2) is 3.47. The van der Waals surface area contributed by atoms with E-state index in [1.807, 2.05) is 6.92 Å². The van der Waals surface area contributed by atoms with Crippen LogP contribution in [0.4, 0.5) is 0 Å². The van der Waals surface area contributed by atoms with Gasteiger partial charge in [0, 0.05) is 0 Å². The number of methoxy groups -OCH3 is 1. The van der Waals surface area contributed by atoms with Crippen molar-refractivity contribution in [2.75, 3.05) is 7.11 Å². The standard InChI is InChI=1S/C6H10O/c1-4-5-6(2)7-3/h4-5H,1H2,2-3H3/b6-5-. The van der Waals surface area contributed by atoms with E-state index in [4.69, 9.17) is 4.74 Å². The predicted molar refractivity (Wildman–Crippen MR) is 31.0 cm³/mol. The first kappa shape index (κ1) is 6.28. The van der Waals surface area contributed by atoms with Gasteiger partial charge in [-0.05, 0) is 13.0 Å². The zero-order valence-corrected chi connectivity index (χ0v) is 4.77. The Labute approximate surface area is 44.3 Å². The Bertz CT molecular complexity index is 82.2. The number of rotatable bonds is 2. The summed E-state index contributed by atoms with van der Waals surface area (Å²) in [6.45, 7) is 5.37. The summed E-state index contributed by atoms with van der Waals surface area (Å²) < 4.78 is 4.78. The summed E-state index contributed by atoms with van der Waals surface area (Å²) in [6.07, 6.45) is 3.50. The lowest BCUT2D eigenvalue weighted by atomic mass is 10.5. The minimum atomic E-state index is 0.884. The Balaban J connectivity index is 3.49. The lowest BCUT2D eigenvalue weighted by Crippen LogP contribution is -1.74. The van der Waals surface area contributed by atoms with E-state index in [0.717, 1.165) is 5.76 Å². The molecular weight excluding hydrogens is 88.1 g/mol. The van der Waals surface area contributed by atoms with Gasteiger partial charge in [0.25, 0.3) is 0 Å². The quantitative estimate of drug-likeness (QED) is 0.377. The fourth-order valence-corrected chi connectivity index (χ4v) is 0.234. The van der Waals surface area contributed by atoms with Crippen molar-refractivity contribution in [3.8, 4) is 0 Å². The molecular formula is C6H10O. The Hall–Kier alpha value is -0.720. The van der Waals surface area contributed by atoms with Gasteiger partial charge in [-0.3, -0.25) is 0 Å². The number of hydrogen-bond acceptors (Lipinski definition) is 1. The molecule has 0 saturated heterocycles. The molecule has 0 spiro atoms. The maximum atomic E-state index is 4.78. The van der Waals surface area contributed by atoms with Crippen molar-refractivity contribution >= 4 is 0 Å². The molecule has 7 heavy (non-hydrogen) atoms. The third kappa shape index (κ3) is 3.10. The Kier molecular flexibility index (Phi) is 3.11. The maximum Gasteiger partial charge on any atom is 0.0924 e. The zero-order chi connectivity index (χ0) is 5.70. The Morgan fingerprint density at radius 1 is 1.71 bits per heavy atom. The highest BCUT2D eigenvalue weighted by Gasteiger charge is 1.74. The van der Waals surface area contributed by atoms with E-state index in [0.29, 0.717) is 0 Å². The predicted octanol–water partition coefficient (Wildman–Crippen LogP) is 1.72. The van der Waals surface area contributed by atoms with Crippen molar-refractivity contribution in [1.82, 2.24) is 0 Å². The highest BCUT2D eigenvalue weighted by Crippen LogP contribution is 1.89. The number of allylic oxidation sites excluding steroid dienone is 3. The average molecular weight is 98.1 g/mol. The van der Waals surface area contributed by atoms with Gasteiger partial charge in [0.05, 0.1) is 12.9 Å². The third-order valence-electron chi connectivity index (χ3n) is 0.675. The van der Waals surface area contributed by atoms with E-state index in [-0.39, 0.29) is 0 Å². The molecule has 0 fully saturated rings. The first-order valence-electron chi connectivity index (χ1n) is 2.14. The topological polar surface area (TPSA) is 9.23 Å². The normalized spacial score (nSPS) is 10.9. The molecule has 0 aliphatic heterocycles. The summed E-state index contributed by atoms with van der Waals surface area (Å²) in [6, 6.07) is 0. The van der Waals surface area contributed by atoms with Gasteiger partial charge in [-0.15, -0.1) is 0 Å². The highest BCUT2D eigenvalue weighted by atomic mass is 16.5. The van der Waals surface area contributed by atoms with Crippen LogP contribution in [0.5, 0.6) is 0 Å². The molecule has 0 unspecified atom stereocenters. The van der Waals surface area contributed by atoms with Crippen LogP contribution in [0.1, 0.15) is 6.92 Å². The second-order valence-corrected chi connectivity index (χ2v) is 1.22. The second-order valence-electron chi connectivity index (χ2n) is 1.22. The molecule has 0 amide bonds. The van der Waals surface area contributed by atoms with E-state index in [1.165, 1.54) is 0 Å². The molecule has 0 radical (unpaired) electrons. The van der Waals surface area contributed by atoms with Gasteiger partial charge in [0.2, 0.25) is 0 Å². The molecule has 40 valence electrons. The molecule has 0 N–H and O–H groups in total. The van der Waals surface area contributed by atoms with Crippen molar-refractivity contribution in [2.24, 2.45) is 0 Å². The van der Waals surface area contributed by atoms with Gasteiger partial charge in [0.15, 0.2) is 0 Å². The van der Waals surface area contributed by atoms with E-state index in [2.05, 4.69) is 6.58 Å². The molecule has 0 heterocycles. The lowest BCUT2D eigenvalue weighted by molar-refractivity contribution is 0.294. The van der Waals surface area contributed by atoms with Crippen LogP contribution in [0.15, 0.2) is 24.5 Å². The van der Waals surface area contributed by atoms with Gasteiger partial charge in [0.1, 0.15) is 0 Å². The van der Waals surface area contributed by atoms with E-state index < -0.39 is 0 Å². The van der Waals surface area contributed by atoms with Gasteiger partial charge < -0.3 is 4.74 Å². The summed E-state index contributed by atoms with van der Waals surface area (Å²) in [5.74, 6) is 0.884. The van der Waals surface area contributed by atoms with Crippen molar-refractivity contribution in [3.63, 3.8) is 0 Å². The largest absolute Gasteiger partial charge is 0.501 e. The number of hydrogen-bond donors (Lipinski definition) is 0. The van der Waals surface area contributed by atoms with E-state index in [1.54, 1.807) is 19.3 Å². The summed E-state index contributed by atoms with van der Waals surface area (Å²) in [7, 11) is 1.63. The molecule has 1 nitrogen and oxygen atoms in total. The van der Waals surface area contributed by atoms with Crippen LogP contribution in [0.2, 0.25) is 0 Å². The van der Waals surface area contributed by atoms with Crippen molar-refractivity contribution in [2.45, 2.75) is 6.92 Å². The van der Waals surface area contributed by atoms with Crippen LogP contribution >= 0.6 is 0 Å². The van der Waals surface area contributed by atoms with Gasteiger partial charge >= 0.3 is 0 Å². The maximum absolute atomic E-state index is 4.78. The summed E-state index contributed by atoms with van der Waals surface area (Å²) in [5.41, 5.74) is 0. The monoisotopic (exact) mass is 98.1 g/mol.